The molecule has 2 aromatic carbocycles. The molecule has 61 heavy (non-hydrogen) atoms. The topological polar surface area (TPSA) is 174 Å². The number of Topliss-reactive ketones (excluding diaryl/α,β-unsaturated/α-hetero) is 2. The summed E-state index contributed by atoms with van der Waals surface area (Å²) < 4.78 is 59.0. The van der Waals surface area contributed by atoms with E-state index in [0.717, 1.165) is 12.8 Å². The summed E-state index contributed by atoms with van der Waals surface area (Å²) in [6, 6.07) is 11.0. The molecule has 2 aromatic rings. The number of ether oxygens (including phenoxy) is 2. The number of halogens is 5. The van der Waals surface area contributed by atoms with Crippen molar-refractivity contribution < 1.29 is 45.5 Å². The molecule has 4 fully saturated rings. The van der Waals surface area contributed by atoms with Crippen LogP contribution in [0.4, 0.5) is 0 Å². The van der Waals surface area contributed by atoms with Gasteiger partial charge in [-0.15, -0.1) is 23.2 Å². The van der Waals surface area contributed by atoms with Crippen molar-refractivity contribution in [3.05, 3.63) is 58.6 Å². The van der Waals surface area contributed by atoms with E-state index in [-0.39, 0.29) is 76.2 Å². The van der Waals surface area contributed by atoms with Gasteiger partial charge < -0.3 is 19.7 Å². The highest BCUT2D eigenvalue weighted by Gasteiger charge is 2.49. The minimum absolute atomic E-state index is 0.00528. The third kappa shape index (κ3) is 18.2. The number of rotatable bonds is 10. The van der Waals surface area contributed by atoms with E-state index in [2.05, 4.69) is 31.0 Å². The molecule has 4 heterocycles. The van der Waals surface area contributed by atoms with E-state index in [9.17, 15) is 36.0 Å². The molecule has 344 valence electrons. The molecular weight excluding hydrogens is 936 g/mol. The van der Waals surface area contributed by atoms with Gasteiger partial charge in [-0.3, -0.25) is 19.2 Å². The number of piperidine rings is 4. The number of sulfonamides is 1. The Morgan fingerprint density at radius 2 is 1.02 bits per heavy atom. The number of benzene rings is 2. The van der Waals surface area contributed by atoms with Crippen LogP contribution in [0.1, 0.15) is 86.0 Å². The maximum Gasteiger partial charge on any atom is 0.309 e. The van der Waals surface area contributed by atoms with Gasteiger partial charge in [0, 0.05) is 70.6 Å². The molecular formula is C41H58Cl5N3O10S2. The molecule has 4 bridgehead atoms. The number of carbonyl (C=O) groups is 4. The van der Waals surface area contributed by atoms with Crippen molar-refractivity contribution in [1.82, 2.24) is 14.5 Å². The van der Waals surface area contributed by atoms with Crippen molar-refractivity contribution in [2.75, 3.05) is 38.2 Å². The molecule has 6 rings (SSSR count). The summed E-state index contributed by atoms with van der Waals surface area (Å²) in [6.45, 7) is 14.4. The van der Waals surface area contributed by atoms with Crippen LogP contribution in [0.2, 0.25) is 10.0 Å². The lowest BCUT2D eigenvalue weighted by Crippen LogP contribution is -2.57. The van der Waals surface area contributed by atoms with E-state index in [1.165, 1.54) is 72.5 Å². The lowest BCUT2D eigenvalue weighted by atomic mass is 9.80. The van der Waals surface area contributed by atoms with Crippen LogP contribution in [-0.4, -0.2) is 112 Å². The monoisotopic (exact) mass is 991 g/mol. The first-order valence-electron chi connectivity index (χ1n) is 20.2. The number of esters is 2. The van der Waals surface area contributed by atoms with Crippen molar-refractivity contribution in [3.8, 4) is 0 Å². The lowest BCUT2D eigenvalue weighted by Gasteiger charge is -2.46. The minimum atomic E-state index is -3.75. The summed E-state index contributed by atoms with van der Waals surface area (Å²) >= 11 is 20.9. The normalized spacial score (nSPS) is 23.3. The van der Waals surface area contributed by atoms with Crippen LogP contribution < -0.4 is 5.32 Å². The van der Waals surface area contributed by atoms with Crippen LogP contribution in [-0.2, 0) is 47.7 Å². The summed E-state index contributed by atoms with van der Waals surface area (Å²) in [7, 11) is -2.32. The Balaban J connectivity index is 0.000000302. The molecule has 4 unspecified atom stereocenters. The first-order chi connectivity index (χ1) is 28.8. The predicted molar refractivity (Wildman–Crippen MR) is 240 cm³/mol. The van der Waals surface area contributed by atoms with Crippen LogP contribution in [0, 0.1) is 11.8 Å². The molecule has 4 aliphatic rings. The number of alkyl halides is 2. The molecule has 4 aliphatic heterocycles. The van der Waals surface area contributed by atoms with Crippen molar-refractivity contribution in [2.45, 2.75) is 120 Å². The molecule has 0 aliphatic carbocycles. The Bertz CT molecular complexity index is 1880. The van der Waals surface area contributed by atoms with E-state index in [0.29, 0.717) is 48.1 Å². The van der Waals surface area contributed by atoms with E-state index >= 15 is 0 Å². The summed E-state index contributed by atoms with van der Waals surface area (Å²) in [4.78, 5) is 49.5. The minimum Gasteiger partial charge on any atom is -0.466 e. The second-order valence-corrected chi connectivity index (χ2v) is 20.6. The number of nitrogens with one attached hydrogen (secondary N) is 1. The summed E-state index contributed by atoms with van der Waals surface area (Å²) in [5, 5.41) is 4.51. The van der Waals surface area contributed by atoms with Crippen LogP contribution in [0.3, 0.4) is 0 Å². The number of ketones is 2. The maximum atomic E-state index is 13.1. The fraction of sp³-hybridized carbons (Fsp3) is 0.610. The van der Waals surface area contributed by atoms with Gasteiger partial charge in [0.2, 0.25) is 10.0 Å². The Hall–Kier alpha value is -2.05. The number of hydrogen-bond donors (Lipinski definition) is 1. The zero-order chi connectivity index (χ0) is 45.9. The largest absolute Gasteiger partial charge is 0.466 e. The van der Waals surface area contributed by atoms with Gasteiger partial charge in [-0.1, -0.05) is 44.0 Å². The maximum absolute atomic E-state index is 13.1. The highest BCUT2D eigenvalue weighted by Crippen LogP contribution is 2.40. The van der Waals surface area contributed by atoms with Crippen LogP contribution in [0.5, 0.6) is 0 Å². The Morgan fingerprint density at radius 1 is 0.656 bits per heavy atom. The third-order valence-electron chi connectivity index (χ3n) is 10.4. The van der Waals surface area contributed by atoms with Gasteiger partial charge in [-0.25, -0.2) is 16.8 Å². The molecule has 4 atom stereocenters. The second-order valence-electron chi connectivity index (χ2n) is 14.5. The van der Waals surface area contributed by atoms with Crippen molar-refractivity contribution >= 4 is 99.7 Å². The number of hydrogen-bond acceptors (Lipinski definition) is 12. The molecule has 0 aromatic heterocycles. The molecule has 0 spiro atoms. The average Bonchev–Trinajstić information content (AvgIpc) is 3.19. The van der Waals surface area contributed by atoms with Gasteiger partial charge in [0.1, 0.15) is 11.6 Å². The summed E-state index contributed by atoms with van der Waals surface area (Å²) in [5.74, 6) is -0.404. The average molecular weight is 994 g/mol. The van der Waals surface area contributed by atoms with Gasteiger partial charge in [-0.2, -0.15) is 4.31 Å². The highest BCUT2D eigenvalue weighted by molar-refractivity contribution is 8.13. The van der Waals surface area contributed by atoms with Crippen molar-refractivity contribution in [3.63, 3.8) is 0 Å². The Morgan fingerprint density at radius 3 is 1.36 bits per heavy atom. The molecule has 0 saturated carbocycles. The molecule has 20 heteroatoms. The van der Waals surface area contributed by atoms with Gasteiger partial charge in [0.25, 0.3) is 9.05 Å². The standard InChI is InChI=1S/C17H20ClNO5S.C11H17NO3.C6H4Cl2O2S.C6H15N.CH2Cl2/c1-2-24-17(21)11-7-13-9-15(20)10-14(8-11)19(13)25(22,23)16-5-3-12(18)4-6-16;1-2-15-11(14)7-3-8-5-10(13)6-9(4-7)12-8;7-5-1-3-6(4-2-5)11(8,9)10;1-4-7(5-2)6-3;2-1-3/h3-6,11,13-14H,2,7-10H2,1H3;7-9,12H,2-6H2,1H3;1-4H;4-6H2,1-3H3;1H2. The number of carbonyl (C=O) groups excluding carboxylic acids is 4. The number of fused-ring (bicyclic) bond motifs is 4. The van der Waals surface area contributed by atoms with Crippen molar-refractivity contribution in [2.24, 2.45) is 11.8 Å². The molecule has 0 radical (unpaired) electrons. The molecule has 13 nitrogen and oxygen atoms in total. The van der Waals surface area contributed by atoms with E-state index in [4.69, 9.17) is 66.6 Å². The zero-order valence-corrected chi connectivity index (χ0v) is 40.6. The second kappa shape index (κ2) is 27.3. The fourth-order valence-corrected chi connectivity index (χ4v) is 10.5. The Labute approximate surface area is 385 Å². The summed E-state index contributed by atoms with van der Waals surface area (Å²) in [6.07, 6.45) is 3.56. The predicted octanol–water partition coefficient (Wildman–Crippen LogP) is 8.09. The fourth-order valence-electron chi connectivity index (χ4n) is 7.68. The van der Waals surface area contributed by atoms with E-state index in [1.807, 2.05) is 6.92 Å². The van der Waals surface area contributed by atoms with Gasteiger partial charge in [0.05, 0.1) is 40.2 Å². The lowest BCUT2D eigenvalue weighted by molar-refractivity contribution is -0.152. The van der Waals surface area contributed by atoms with Gasteiger partial charge in [0.15, 0.2) is 0 Å². The Kier molecular flexibility index (Phi) is 24.7. The molecule has 0 amide bonds. The summed E-state index contributed by atoms with van der Waals surface area (Å²) in [5.41, 5.74) is 0. The first-order valence-corrected chi connectivity index (χ1v) is 25.8. The van der Waals surface area contributed by atoms with Crippen LogP contribution >= 0.6 is 57.1 Å². The number of nitrogens with zero attached hydrogens (tertiary/aromatic N) is 2. The SMILES string of the molecule is CCN(CC)CC.CCOC(=O)C1CC2CC(=O)CC(C1)N2.CCOC(=O)C1CC2CC(=O)CC(C1)N2S(=O)(=O)c1ccc(Cl)cc1.ClCCl.O=S(=O)(Cl)c1ccc(Cl)cc1. The van der Waals surface area contributed by atoms with E-state index < -0.39 is 31.2 Å². The smallest absolute Gasteiger partial charge is 0.309 e. The van der Waals surface area contributed by atoms with Gasteiger partial charge >= 0.3 is 11.9 Å². The van der Waals surface area contributed by atoms with E-state index in [1.54, 1.807) is 6.92 Å². The molecule has 1 N–H and O–H groups in total. The molecule has 4 saturated heterocycles. The van der Waals surface area contributed by atoms with Crippen LogP contribution in [0.25, 0.3) is 0 Å². The van der Waals surface area contributed by atoms with Crippen LogP contribution in [0.15, 0.2) is 58.3 Å². The third-order valence-corrected chi connectivity index (χ3v) is 14.3. The zero-order valence-electron chi connectivity index (χ0n) is 35.2. The first kappa shape index (κ1) is 55.1. The quantitative estimate of drug-likeness (QED) is 0.138. The highest BCUT2D eigenvalue weighted by atomic mass is 35.7. The van der Waals surface area contributed by atoms with Crippen molar-refractivity contribution in [1.29, 1.82) is 0 Å². The van der Waals surface area contributed by atoms with Gasteiger partial charge in [-0.05, 0) is 108 Å².